The zero-order valence-electron chi connectivity index (χ0n) is 17.3. The first-order chi connectivity index (χ1) is 15.6. The van der Waals surface area contributed by atoms with Crippen LogP contribution in [-0.4, -0.2) is 31.8 Å². The number of nitrogens with zero attached hydrogens (tertiary/aromatic N) is 4. The lowest BCUT2D eigenvalue weighted by Gasteiger charge is -2.14. The third-order valence-corrected chi connectivity index (χ3v) is 5.75. The van der Waals surface area contributed by atoms with Gasteiger partial charge in [0.2, 0.25) is 0 Å². The maximum Gasteiger partial charge on any atom is 0.330 e. The zero-order chi connectivity index (χ0) is 22.1. The van der Waals surface area contributed by atoms with Crippen LogP contribution in [0.2, 0.25) is 0 Å². The molecule has 1 unspecified atom stereocenters. The largest absolute Gasteiger partial charge is 0.376 e. The number of benzene rings is 2. The van der Waals surface area contributed by atoms with E-state index in [0.717, 1.165) is 24.0 Å². The number of hydrogen-bond donors (Lipinski definition) is 1. The molecule has 1 atom stereocenters. The van der Waals surface area contributed by atoms with Gasteiger partial charge in [-0.25, -0.2) is 9.78 Å². The van der Waals surface area contributed by atoms with Crippen molar-refractivity contribution in [2.24, 2.45) is 0 Å². The fourth-order valence-electron chi connectivity index (χ4n) is 4.17. The Morgan fingerprint density at radius 1 is 1.09 bits per heavy atom. The number of H-pyrrole nitrogens is 1. The summed E-state index contributed by atoms with van der Waals surface area (Å²) in [4.78, 5) is 32.9. The maximum atomic E-state index is 12.9. The number of nitrogens with one attached hydrogen (secondary N) is 1. The topological polar surface area (TPSA) is 106 Å². The summed E-state index contributed by atoms with van der Waals surface area (Å²) in [5.41, 5.74) is 1.93. The van der Waals surface area contributed by atoms with E-state index in [1.165, 1.54) is 4.57 Å². The third kappa shape index (κ3) is 3.63. The molecule has 5 rings (SSSR count). The van der Waals surface area contributed by atoms with Gasteiger partial charge in [-0.1, -0.05) is 30.3 Å². The van der Waals surface area contributed by atoms with Crippen molar-refractivity contribution in [3.63, 3.8) is 0 Å². The number of aromatic nitrogens is 4. The molecule has 1 saturated heterocycles. The molecular formula is C24H21N5O3. The minimum Gasteiger partial charge on any atom is -0.376 e. The number of aromatic amines is 1. The van der Waals surface area contributed by atoms with Gasteiger partial charge in [0, 0.05) is 12.2 Å². The van der Waals surface area contributed by atoms with Gasteiger partial charge in [0.15, 0.2) is 11.2 Å². The highest BCUT2D eigenvalue weighted by Crippen LogP contribution is 2.26. The summed E-state index contributed by atoms with van der Waals surface area (Å²) in [6.07, 6.45) is 1.84. The highest BCUT2D eigenvalue weighted by Gasteiger charge is 2.24. The van der Waals surface area contributed by atoms with Gasteiger partial charge in [0.1, 0.15) is 5.82 Å². The molecule has 1 aliphatic rings. The van der Waals surface area contributed by atoms with Gasteiger partial charge in [-0.2, -0.15) is 5.26 Å². The van der Waals surface area contributed by atoms with Crippen LogP contribution >= 0.6 is 0 Å². The van der Waals surface area contributed by atoms with Crippen molar-refractivity contribution in [1.29, 1.82) is 5.26 Å². The first kappa shape index (κ1) is 20.0. The van der Waals surface area contributed by atoms with E-state index in [1.54, 1.807) is 24.3 Å². The second kappa shape index (κ2) is 8.29. The van der Waals surface area contributed by atoms with Gasteiger partial charge < -0.3 is 9.30 Å². The normalized spacial score (nSPS) is 15.8. The van der Waals surface area contributed by atoms with Gasteiger partial charge in [-0.3, -0.25) is 14.3 Å². The van der Waals surface area contributed by atoms with Crippen LogP contribution in [0.5, 0.6) is 0 Å². The summed E-state index contributed by atoms with van der Waals surface area (Å²) in [5.74, 6) is 0.568. The first-order valence-electron chi connectivity index (χ1n) is 10.5. The molecule has 4 aromatic rings. The molecule has 0 radical (unpaired) electrons. The summed E-state index contributed by atoms with van der Waals surface area (Å²) in [6, 6.07) is 18.7. The number of imidazole rings is 1. The molecule has 8 nitrogen and oxygen atoms in total. The van der Waals surface area contributed by atoms with Crippen LogP contribution in [0.4, 0.5) is 0 Å². The molecule has 1 fully saturated rings. The molecule has 0 aliphatic carbocycles. The van der Waals surface area contributed by atoms with E-state index in [-0.39, 0.29) is 12.6 Å². The Kier molecular flexibility index (Phi) is 5.17. The molecule has 0 bridgehead atoms. The molecule has 2 aromatic heterocycles. The van der Waals surface area contributed by atoms with Crippen LogP contribution in [0.3, 0.4) is 0 Å². The molecule has 32 heavy (non-hydrogen) atoms. The Bertz CT molecular complexity index is 1420. The fourth-order valence-corrected chi connectivity index (χ4v) is 4.17. The number of hydrogen-bond acceptors (Lipinski definition) is 5. The predicted octanol–water partition coefficient (Wildman–Crippen LogP) is 2.65. The number of fused-ring (bicyclic) bond motifs is 1. The standard InChI is InChI=1S/C24H21N5O3/c25-13-16-8-10-18(11-9-16)21-26-22-20(28(21)15-19-7-4-12-32-19)23(30)27-24(31)29(22)14-17-5-2-1-3-6-17/h1-3,5-6,8-11,19H,4,7,12,14-15H2,(H,27,30,31). The van der Waals surface area contributed by atoms with E-state index in [1.807, 2.05) is 34.9 Å². The van der Waals surface area contributed by atoms with Crippen molar-refractivity contribution in [3.8, 4) is 17.5 Å². The molecule has 0 spiro atoms. The summed E-state index contributed by atoms with van der Waals surface area (Å²) < 4.78 is 9.15. The molecule has 2 aromatic carbocycles. The van der Waals surface area contributed by atoms with Crippen LogP contribution < -0.4 is 11.2 Å². The molecule has 0 saturated carbocycles. The van der Waals surface area contributed by atoms with Crippen LogP contribution in [0.1, 0.15) is 24.0 Å². The lowest BCUT2D eigenvalue weighted by molar-refractivity contribution is 0.0982. The molecular weight excluding hydrogens is 406 g/mol. The van der Waals surface area contributed by atoms with Crippen LogP contribution in [0, 0.1) is 11.3 Å². The Labute approximate surface area is 183 Å². The highest BCUT2D eigenvalue weighted by atomic mass is 16.5. The Hall–Kier alpha value is -3.96. The Morgan fingerprint density at radius 2 is 1.88 bits per heavy atom. The van der Waals surface area contributed by atoms with Crippen molar-refractivity contribution in [1.82, 2.24) is 19.1 Å². The van der Waals surface area contributed by atoms with Crippen molar-refractivity contribution >= 4 is 11.2 Å². The summed E-state index contributed by atoms with van der Waals surface area (Å²) >= 11 is 0. The molecule has 3 heterocycles. The zero-order valence-corrected chi connectivity index (χ0v) is 17.3. The third-order valence-electron chi connectivity index (χ3n) is 5.75. The minimum absolute atomic E-state index is 0.0292. The Balaban J connectivity index is 1.73. The summed E-state index contributed by atoms with van der Waals surface area (Å²) in [5, 5.41) is 9.13. The fraction of sp³-hybridized carbons (Fsp3) is 0.250. The van der Waals surface area contributed by atoms with E-state index in [0.29, 0.717) is 35.7 Å². The van der Waals surface area contributed by atoms with Crippen LogP contribution in [0.15, 0.2) is 64.2 Å². The van der Waals surface area contributed by atoms with Gasteiger partial charge in [-0.05, 0) is 42.7 Å². The monoisotopic (exact) mass is 427 g/mol. The highest BCUT2D eigenvalue weighted by molar-refractivity contribution is 5.77. The van der Waals surface area contributed by atoms with E-state index in [9.17, 15) is 9.59 Å². The average Bonchev–Trinajstić information content (AvgIpc) is 3.46. The summed E-state index contributed by atoms with van der Waals surface area (Å²) in [6.45, 7) is 1.44. The number of ether oxygens (including phenoxy) is 1. The maximum absolute atomic E-state index is 12.9. The van der Waals surface area contributed by atoms with Crippen molar-refractivity contribution in [3.05, 3.63) is 86.6 Å². The quantitative estimate of drug-likeness (QED) is 0.527. The lowest BCUT2D eigenvalue weighted by atomic mass is 10.1. The van der Waals surface area contributed by atoms with Gasteiger partial charge in [0.25, 0.3) is 5.56 Å². The van der Waals surface area contributed by atoms with Gasteiger partial charge >= 0.3 is 5.69 Å². The molecule has 0 amide bonds. The van der Waals surface area contributed by atoms with E-state index in [2.05, 4.69) is 11.1 Å². The van der Waals surface area contributed by atoms with Crippen molar-refractivity contribution in [2.75, 3.05) is 6.61 Å². The molecule has 1 aliphatic heterocycles. The van der Waals surface area contributed by atoms with Gasteiger partial charge in [0.05, 0.1) is 30.8 Å². The van der Waals surface area contributed by atoms with E-state index in [4.69, 9.17) is 15.0 Å². The lowest BCUT2D eigenvalue weighted by Crippen LogP contribution is -2.32. The van der Waals surface area contributed by atoms with Crippen LogP contribution in [0.25, 0.3) is 22.6 Å². The minimum atomic E-state index is -0.500. The smallest absolute Gasteiger partial charge is 0.330 e. The number of nitriles is 1. The summed E-state index contributed by atoms with van der Waals surface area (Å²) in [7, 11) is 0. The molecule has 1 N–H and O–H groups in total. The Morgan fingerprint density at radius 3 is 2.56 bits per heavy atom. The van der Waals surface area contributed by atoms with E-state index >= 15 is 0 Å². The number of rotatable bonds is 5. The molecule has 8 heteroatoms. The van der Waals surface area contributed by atoms with Crippen molar-refractivity contribution in [2.45, 2.75) is 32.0 Å². The SMILES string of the molecule is N#Cc1ccc(-c2nc3c(c(=O)[nH]c(=O)n3Cc3ccccc3)n2CC2CCCO2)cc1. The van der Waals surface area contributed by atoms with Crippen LogP contribution in [-0.2, 0) is 17.8 Å². The van der Waals surface area contributed by atoms with E-state index < -0.39 is 11.2 Å². The predicted molar refractivity (Wildman–Crippen MR) is 119 cm³/mol. The average molecular weight is 427 g/mol. The second-order valence-electron chi connectivity index (χ2n) is 7.87. The van der Waals surface area contributed by atoms with Crippen molar-refractivity contribution < 1.29 is 4.74 Å². The molecule has 160 valence electrons. The van der Waals surface area contributed by atoms with Gasteiger partial charge in [-0.15, -0.1) is 0 Å². The second-order valence-corrected chi connectivity index (χ2v) is 7.87. The first-order valence-corrected chi connectivity index (χ1v) is 10.5.